The van der Waals surface area contributed by atoms with Crippen molar-refractivity contribution in [1.82, 2.24) is 0 Å². The number of fused-ring (bicyclic) bond motifs is 1. The molecule has 0 radical (unpaired) electrons. The first-order valence-corrected chi connectivity index (χ1v) is 7.73. The van der Waals surface area contributed by atoms with Gasteiger partial charge in [0.25, 0.3) is 0 Å². The van der Waals surface area contributed by atoms with Crippen LogP contribution in [0.3, 0.4) is 0 Å². The Balaban J connectivity index is 2.15. The highest BCUT2D eigenvalue weighted by atomic mass is 32.2. The number of nitrogens with zero attached hydrogens (tertiary/aromatic N) is 1. The quantitative estimate of drug-likeness (QED) is 0.758. The molecule has 0 saturated carbocycles. The maximum atomic E-state index is 12.5. The molecule has 3 heteroatoms. The molecule has 1 amide bonds. The van der Waals surface area contributed by atoms with E-state index >= 15 is 0 Å². The van der Waals surface area contributed by atoms with Crippen LogP contribution in [0.5, 0.6) is 0 Å². The summed E-state index contributed by atoms with van der Waals surface area (Å²) >= 11 is 1.94. The molecule has 1 aliphatic rings. The van der Waals surface area contributed by atoms with Gasteiger partial charge in [-0.25, -0.2) is 0 Å². The van der Waals surface area contributed by atoms with Crippen LogP contribution < -0.4 is 4.90 Å². The van der Waals surface area contributed by atoms with Gasteiger partial charge in [0.05, 0.1) is 5.41 Å². The molecule has 98 valence electrons. The SMILES string of the molecule is CCSCCCN1C(=O)C(C)(C)c2ccccc21. The van der Waals surface area contributed by atoms with Crippen LogP contribution in [0.1, 0.15) is 32.8 Å². The third-order valence-corrected chi connectivity index (χ3v) is 4.51. The minimum Gasteiger partial charge on any atom is -0.311 e. The summed E-state index contributed by atoms with van der Waals surface area (Å²) in [7, 11) is 0. The molecule has 18 heavy (non-hydrogen) atoms. The molecule has 2 rings (SSSR count). The minimum absolute atomic E-state index is 0.241. The largest absolute Gasteiger partial charge is 0.311 e. The van der Waals surface area contributed by atoms with Crippen molar-refractivity contribution < 1.29 is 4.79 Å². The highest BCUT2D eigenvalue weighted by Gasteiger charge is 2.42. The number of anilines is 1. The van der Waals surface area contributed by atoms with E-state index in [0.717, 1.165) is 35.7 Å². The average Bonchev–Trinajstić information content (AvgIpc) is 2.56. The average molecular weight is 263 g/mol. The van der Waals surface area contributed by atoms with Crippen molar-refractivity contribution in [2.45, 2.75) is 32.6 Å². The first-order chi connectivity index (χ1) is 8.59. The third-order valence-electron chi connectivity index (χ3n) is 3.52. The zero-order valence-electron chi connectivity index (χ0n) is 11.4. The van der Waals surface area contributed by atoms with Crippen LogP contribution in [0.15, 0.2) is 24.3 Å². The predicted molar refractivity (Wildman–Crippen MR) is 79.4 cm³/mol. The van der Waals surface area contributed by atoms with E-state index in [0.29, 0.717) is 0 Å². The topological polar surface area (TPSA) is 20.3 Å². The number of para-hydroxylation sites is 1. The molecule has 0 saturated heterocycles. The lowest BCUT2D eigenvalue weighted by Crippen LogP contribution is -2.36. The van der Waals surface area contributed by atoms with Crippen LogP contribution in [0, 0.1) is 0 Å². The second-order valence-electron chi connectivity index (χ2n) is 5.15. The van der Waals surface area contributed by atoms with E-state index in [1.807, 2.05) is 42.6 Å². The highest BCUT2D eigenvalue weighted by molar-refractivity contribution is 7.99. The van der Waals surface area contributed by atoms with Gasteiger partial charge in [-0.2, -0.15) is 11.8 Å². The fourth-order valence-electron chi connectivity index (χ4n) is 2.49. The first-order valence-electron chi connectivity index (χ1n) is 6.58. The maximum absolute atomic E-state index is 12.5. The van der Waals surface area contributed by atoms with Crippen molar-refractivity contribution in [2.24, 2.45) is 0 Å². The van der Waals surface area contributed by atoms with Crippen molar-refractivity contribution in [2.75, 3.05) is 23.0 Å². The molecule has 0 spiro atoms. The fourth-order valence-corrected chi connectivity index (χ4v) is 3.11. The lowest BCUT2D eigenvalue weighted by molar-refractivity contribution is -0.122. The van der Waals surface area contributed by atoms with E-state index in [-0.39, 0.29) is 11.3 Å². The van der Waals surface area contributed by atoms with Gasteiger partial charge in [0.2, 0.25) is 5.91 Å². The summed E-state index contributed by atoms with van der Waals surface area (Å²) in [6, 6.07) is 8.18. The molecule has 2 nitrogen and oxygen atoms in total. The number of thioether (sulfide) groups is 1. The summed E-state index contributed by atoms with van der Waals surface area (Å²) in [6.07, 6.45) is 1.06. The standard InChI is InChI=1S/C15H21NOS/c1-4-18-11-7-10-16-13-9-6-5-8-12(13)15(2,3)14(16)17/h5-6,8-9H,4,7,10-11H2,1-3H3. The molecule has 0 N–H and O–H groups in total. The summed E-state index contributed by atoms with van der Waals surface area (Å²) in [5.41, 5.74) is 1.90. The number of hydrogen-bond acceptors (Lipinski definition) is 2. The number of benzene rings is 1. The van der Waals surface area contributed by atoms with Crippen LogP contribution in [0.25, 0.3) is 0 Å². The second kappa shape index (κ2) is 5.35. The van der Waals surface area contributed by atoms with Gasteiger partial charge in [-0.15, -0.1) is 0 Å². The normalized spacial score (nSPS) is 17.1. The Morgan fingerprint density at radius 2 is 2.00 bits per heavy atom. The monoisotopic (exact) mass is 263 g/mol. The van der Waals surface area contributed by atoms with Gasteiger partial charge in [-0.05, 0) is 43.4 Å². The number of carbonyl (C=O) groups excluding carboxylic acids is 1. The van der Waals surface area contributed by atoms with Gasteiger partial charge >= 0.3 is 0 Å². The molecule has 0 aliphatic carbocycles. The highest BCUT2D eigenvalue weighted by Crippen LogP contribution is 2.41. The van der Waals surface area contributed by atoms with Crippen LogP contribution in [-0.2, 0) is 10.2 Å². The van der Waals surface area contributed by atoms with Crippen LogP contribution in [-0.4, -0.2) is 24.0 Å². The van der Waals surface area contributed by atoms with Crippen molar-refractivity contribution in [3.8, 4) is 0 Å². The van der Waals surface area contributed by atoms with Gasteiger partial charge < -0.3 is 4.90 Å². The van der Waals surface area contributed by atoms with Gasteiger partial charge in [0.1, 0.15) is 0 Å². The molecule has 0 atom stereocenters. The summed E-state index contributed by atoms with van der Waals surface area (Å²) in [5.74, 6) is 2.52. The lowest BCUT2D eigenvalue weighted by Gasteiger charge is -2.20. The van der Waals surface area contributed by atoms with E-state index in [9.17, 15) is 4.79 Å². The Bertz CT molecular complexity index is 442. The van der Waals surface area contributed by atoms with Crippen molar-refractivity contribution in [1.29, 1.82) is 0 Å². The molecule has 1 heterocycles. The zero-order chi connectivity index (χ0) is 13.2. The van der Waals surface area contributed by atoms with Gasteiger partial charge in [-0.3, -0.25) is 4.79 Å². The van der Waals surface area contributed by atoms with E-state index in [2.05, 4.69) is 19.1 Å². The molecule has 0 fully saturated rings. The molecular formula is C15H21NOS. The first kappa shape index (κ1) is 13.5. The smallest absolute Gasteiger partial charge is 0.237 e. The number of rotatable bonds is 5. The summed E-state index contributed by atoms with van der Waals surface area (Å²) in [4.78, 5) is 14.4. The number of hydrogen-bond donors (Lipinski definition) is 0. The van der Waals surface area contributed by atoms with E-state index in [1.54, 1.807) is 0 Å². The van der Waals surface area contributed by atoms with Crippen molar-refractivity contribution in [3.63, 3.8) is 0 Å². The van der Waals surface area contributed by atoms with Crippen LogP contribution >= 0.6 is 11.8 Å². The lowest BCUT2D eigenvalue weighted by atomic mass is 9.86. The maximum Gasteiger partial charge on any atom is 0.237 e. The van der Waals surface area contributed by atoms with Gasteiger partial charge in [0, 0.05) is 12.2 Å². The number of amides is 1. The Hall–Kier alpha value is -0.960. The predicted octanol–water partition coefficient (Wildman–Crippen LogP) is 3.45. The van der Waals surface area contributed by atoms with Crippen LogP contribution in [0.4, 0.5) is 5.69 Å². The third kappa shape index (κ3) is 2.28. The van der Waals surface area contributed by atoms with Crippen LogP contribution in [0.2, 0.25) is 0 Å². The fraction of sp³-hybridized carbons (Fsp3) is 0.533. The molecule has 1 aromatic carbocycles. The van der Waals surface area contributed by atoms with E-state index < -0.39 is 0 Å². The van der Waals surface area contributed by atoms with E-state index in [4.69, 9.17) is 0 Å². The van der Waals surface area contributed by atoms with Gasteiger partial charge in [-0.1, -0.05) is 25.1 Å². The molecule has 0 bridgehead atoms. The molecule has 0 aromatic heterocycles. The Kier molecular flexibility index (Phi) is 4.00. The Morgan fingerprint density at radius 1 is 1.28 bits per heavy atom. The minimum atomic E-state index is -0.367. The summed E-state index contributed by atoms with van der Waals surface area (Å²) < 4.78 is 0. The Labute approximate surface area is 114 Å². The summed E-state index contributed by atoms with van der Waals surface area (Å²) in [6.45, 7) is 7.06. The molecular weight excluding hydrogens is 242 g/mol. The molecule has 1 aromatic rings. The Morgan fingerprint density at radius 3 is 2.72 bits per heavy atom. The zero-order valence-corrected chi connectivity index (χ0v) is 12.2. The second-order valence-corrected chi connectivity index (χ2v) is 6.54. The van der Waals surface area contributed by atoms with Gasteiger partial charge in [0.15, 0.2) is 0 Å². The molecule has 1 aliphatic heterocycles. The summed E-state index contributed by atoms with van der Waals surface area (Å²) in [5, 5.41) is 0. The van der Waals surface area contributed by atoms with Crippen molar-refractivity contribution >= 4 is 23.4 Å². The number of carbonyl (C=O) groups is 1. The molecule has 0 unspecified atom stereocenters. The van der Waals surface area contributed by atoms with Crippen molar-refractivity contribution in [3.05, 3.63) is 29.8 Å². The van der Waals surface area contributed by atoms with E-state index in [1.165, 1.54) is 0 Å².